The number of carboxylic acid groups (broad SMARTS) is 2. The zero-order valence-corrected chi connectivity index (χ0v) is 6.63. The monoisotopic (exact) mass is 186 g/mol. The van der Waals surface area contributed by atoms with E-state index in [1.54, 1.807) is 13.8 Å². The number of carbonyl (C=O) groups is 2. The van der Waals surface area contributed by atoms with Crippen molar-refractivity contribution in [3.8, 4) is 0 Å². The molecule has 0 fully saturated rings. The van der Waals surface area contributed by atoms with Crippen LogP contribution in [-0.4, -0.2) is 45.2 Å². The van der Waals surface area contributed by atoms with Crippen molar-refractivity contribution in [1.29, 1.82) is 0 Å². The van der Waals surface area contributed by atoms with Crippen LogP contribution in [0.25, 0.3) is 0 Å². The van der Waals surface area contributed by atoms with Crippen LogP contribution in [0, 0.1) is 5.41 Å². The standard InChI is InChI=1S/C7H12O4.Mg.2H/c1-7(2,3-5(8)9)4-6(10)11;;;/h3-4H2,1-2H3,(H,8,9)(H,10,11);;;. The summed E-state index contributed by atoms with van der Waals surface area (Å²) in [6, 6.07) is 0. The molecule has 68 valence electrons. The number of carboxylic acids is 2. The molecule has 0 amide bonds. The van der Waals surface area contributed by atoms with Crippen LogP contribution in [0.5, 0.6) is 0 Å². The van der Waals surface area contributed by atoms with E-state index in [2.05, 4.69) is 0 Å². The van der Waals surface area contributed by atoms with Crippen LogP contribution < -0.4 is 0 Å². The van der Waals surface area contributed by atoms with Gasteiger partial charge in [0.05, 0.1) is 12.8 Å². The fourth-order valence-corrected chi connectivity index (χ4v) is 0.881. The van der Waals surface area contributed by atoms with Gasteiger partial charge >= 0.3 is 35.0 Å². The van der Waals surface area contributed by atoms with Crippen molar-refractivity contribution in [2.45, 2.75) is 26.7 Å². The third kappa shape index (κ3) is 7.81. The van der Waals surface area contributed by atoms with Crippen LogP contribution in [0.4, 0.5) is 0 Å². The molecule has 0 atom stereocenters. The molecule has 5 heteroatoms. The molecule has 0 aromatic heterocycles. The largest absolute Gasteiger partial charge is 0.481 e. The van der Waals surface area contributed by atoms with Gasteiger partial charge in [-0.25, -0.2) is 0 Å². The molecule has 0 aromatic carbocycles. The van der Waals surface area contributed by atoms with Crippen LogP contribution in [0.2, 0.25) is 0 Å². The maximum atomic E-state index is 10.2. The van der Waals surface area contributed by atoms with Crippen molar-refractivity contribution in [1.82, 2.24) is 0 Å². The summed E-state index contributed by atoms with van der Waals surface area (Å²) in [6.45, 7) is 3.24. The van der Waals surface area contributed by atoms with E-state index >= 15 is 0 Å². The van der Waals surface area contributed by atoms with Gasteiger partial charge in [-0.2, -0.15) is 0 Å². The van der Waals surface area contributed by atoms with Gasteiger partial charge in [-0.1, -0.05) is 13.8 Å². The van der Waals surface area contributed by atoms with E-state index in [0.29, 0.717) is 0 Å². The molecule has 0 saturated carbocycles. The Morgan fingerprint density at radius 2 is 1.33 bits per heavy atom. The van der Waals surface area contributed by atoms with Gasteiger partial charge in [0.1, 0.15) is 0 Å². The van der Waals surface area contributed by atoms with E-state index in [-0.39, 0.29) is 35.9 Å². The molecule has 0 unspecified atom stereocenters. The molecule has 0 saturated heterocycles. The summed E-state index contributed by atoms with van der Waals surface area (Å²) in [5.74, 6) is -1.92. The minimum atomic E-state index is -0.962. The van der Waals surface area contributed by atoms with Gasteiger partial charge in [0.2, 0.25) is 0 Å². The lowest BCUT2D eigenvalue weighted by atomic mass is 9.86. The van der Waals surface area contributed by atoms with Crippen molar-refractivity contribution in [2.24, 2.45) is 5.41 Å². The summed E-state index contributed by atoms with van der Waals surface area (Å²) in [5, 5.41) is 16.7. The van der Waals surface area contributed by atoms with Crippen molar-refractivity contribution in [3.05, 3.63) is 0 Å². The second kappa shape index (κ2) is 5.37. The van der Waals surface area contributed by atoms with Gasteiger partial charge in [0.15, 0.2) is 0 Å². The normalized spacial score (nSPS) is 10.2. The molecule has 0 aliphatic heterocycles. The van der Waals surface area contributed by atoms with E-state index < -0.39 is 17.4 Å². The first kappa shape index (κ1) is 14.2. The first-order valence-electron chi connectivity index (χ1n) is 3.27. The van der Waals surface area contributed by atoms with E-state index in [0.717, 1.165) is 0 Å². The molecule has 12 heavy (non-hydrogen) atoms. The van der Waals surface area contributed by atoms with Crippen molar-refractivity contribution >= 4 is 35.0 Å². The van der Waals surface area contributed by atoms with Crippen LogP contribution in [0.3, 0.4) is 0 Å². The Balaban J connectivity index is 0. The Bertz CT molecular complexity index is 158. The average Bonchev–Trinajstić information content (AvgIpc) is 1.53. The summed E-state index contributed by atoms with van der Waals surface area (Å²) >= 11 is 0. The lowest BCUT2D eigenvalue weighted by Crippen LogP contribution is -2.20. The first-order valence-corrected chi connectivity index (χ1v) is 3.27. The van der Waals surface area contributed by atoms with E-state index in [1.165, 1.54) is 0 Å². The third-order valence-corrected chi connectivity index (χ3v) is 1.26. The summed E-state index contributed by atoms with van der Waals surface area (Å²) in [5.41, 5.74) is -0.655. The topological polar surface area (TPSA) is 74.6 Å². The van der Waals surface area contributed by atoms with Crippen molar-refractivity contribution in [3.63, 3.8) is 0 Å². The highest BCUT2D eigenvalue weighted by molar-refractivity contribution is 5.75. The molecule has 0 aliphatic rings. The second-order valence-corrected chi connectivity index (χ2v) is 3.31. The molecule has 0 aliphatic carbocycles. The Morgan fingerprint density at radius 1 is 1.08 bits per heavy atom. The molecule has 4 nitrogen and oxygen atoms in total. The summed E-state index contributed by atoms with van der Waals surface area (Å²) in [6.07, 6.45) is -0.224. The Hall–Kier alpha value is -0.294. The molecular weight excluding hydrogens is 172 g/mol. The molecule has 0 aromatic rings. The number of rotatable bonds is 4. The average molecular weight is 186 g/mol. The Kier molecular flexibility index (Phi) is 6.37. The Morgan fingerprint density at radius 3 is 1.50 bits per heavy atom. The minimum Gasteiger partial charge on any atom is -0.481 e. The molecule has 0 bridgehead atoms. The fourth-order valence-electron chi connectivity index (χ4n) is 0.881. The highest BCUT2D eigenvalue weighted by atomic mass is 24.3. The van der Waals surface area contributed by atoms with Gasteiger partial charge in [0.25, 0.3) is 0 Å². The maximum absolute atomic E-state index is 10.2. The number of hydrogen-bond acceptors (Lipinski definition) is 2. The summed E-state index contributed by atoms with van der Waals surface area (Å²) < 4.78 is 0. The van der Waals surface area contributed by atoms with Gasteiger partial charge in [-0.05, 0) is 5.41 Å². The smallest absolute Gasteiger partial charge is 0.316 e. The van der Waals surface area contributed by atoms with Crippen LogP contribution >= 0.6 is 0 Å². The first-order chi connectivity index (χ1) is 4.83. The maximum Gasteiger partial charge on any atom is 0.316 e. The molecule has 0 rings (SSSR count). The predicted octanol–water partition coefficient (Wildman–Crippen LogP) is 0.0458. The highest BCUT2D eigenvalue weighted by Crippen LogP contribution is 2.24. The molecular formula is C7H14MgO4. The molecule has 0 heterocycles. The minimum absolute atomic E-state index is 0. The lowest BCUT2D eigenvalue weighted by Gasteiger charge is -2.18. The van der Waals surface area contributed by atoms with Crippen LogP contribution in [0.15, 0.2) is 0 Å². The highest BCUT2D eigenvalue weighted by Gasteiger charge is 2.24. The zero-order valence-electron chi connectivity index (χ0n) is 6.63. The molecule has 0 radical (unpaired) electrons. The van der Waals surface area contributed by atoms with Crippen molar-refractivity contribution in [2.75, 3.05) is 0 Å². The van der Waals surface area contributed by atoms with Crippen LogP contribution in [-0.2, 0) is 9.59 Å². The summed E-state index contributed by atoms with van der Waals surface area (Å²) in [7, 11) is 0. The number of aliphatic carboxylic acids is 2. The van der Waals surface area contributed by atoms with E-state index in [9.17, 15) is 9.59 Å². The second-order valence-electron chi connectivity index (χ2n) is 3.31. The van der Waals surface area contributed by atoms with E-state index in [4.69, 9.17) is 10.2 Å². The van der Waals surface area contributed by atoms with Gasteiger partial charge in [0, 0.05) is 0 Å². The molecule has 2 N–H and O–H groups in total. The van der Waals surface area contributed by atoms with Crippen molar-refractivity contribution < 1.29 is 19.8 Å². The van der Waals surface area contributed by atoms with E-state index in [1.807, 2.05) is 0 Å². The fraction of sp³-hybridized carbons (Fsp3) is 0.714. The van der Waals surface area contributed by atoms with Crippen LogP contribution in [0.1, 0.15) is 26.7 Å². The SMILES string of the molecule is CC(C)(CC(=O)O)CC(=O)O.[MgH2]. The molecule has 0 spiro atoms. The lowest BCUT2D eigenvalue weighted by molar-refractivity contribution is -0.142. The third-order valence-electron chi connectivity index (χ3n) is 1.26. The quantitative estimate of drug-likeness (QED) is 0.608. The van der Waals surface area contributed by atoms with Gasteiger partial charge < -0.3 is 10.2 Å². The zero-order chi connectivity index (χ0) is 9.07. The van der Waals surface area contributed by atoms with Gasteiger partial charge in [-0.3, -0.25) is 9.59 Å². The Labute approximate surface area is 87.1 Å². The number of hydrogen-bond donors (Lipinski definition) is 2. The summed E-state index contributed by atoms with van der Waals surface area (Å²) in [4.78, 5) is 20.4. The predicted molar refractivity (Wildman–Crippen MR) is 46.8 cm³/mol. The van der Waals surface area contributed by atoms with Gasteiger partial charge in [-0.15, -0.1) is 0 Å².